The molecule has 1 aromatic rings. The molecule has 0 amide bonds. The first-order valence-electron chi connectivity index (χ1n) is 12.8. The van der Waals surface area contributed by atoms with Crippen LogP contribution in [0, 0.1) is 5.92 Å². The summed E-state index contributed by atoms with van der Waals surface area (Å²) in [5, 5.41) is 9.20. The van der Waals surface area contributed by atoms with Gasteiger partial charge in [0.15, 0.2) is 0 Å². The number of nitrogens with two attached hydrogens (primary N) is 1. The molecule has 5 N–H and O–H groups in total. The first kappa shape index (κ1) is 34.1. The molecule has 1 fully saturated rings. The Morgan fingerprint density at radius 1 is 1.14 bits per heavy atom. The molecule has 2 atom stereocenters. The minimum atomic E-state index is -4.41. The highest BCUT2D eigenvalue weighted by Crippen LogP contribution is 2.22. The van der Waals surface area contributed by atoms with Gasteiger partial charge in [0.05, 0.1) is 0 Å². The van der Waals surface area contributed by atoms with E-state index >= 15 is 0 Å². The zero-order chi connectivity index (χ0) is 27.9. The number of hydrogen-bond acceptors (Lipinski definition) is 5. The lowest BCUT2D eigenvalue weighted by Crippen LogP contribution is -2.45. The Kier molecular flexibility index (Phi) is 15.9. The monoisotopic (exact) mass is 513 g/mol. The number of nitrogens with one attached hydrogen (secondary N) is 3. The van der Waals surface area contributed by atoms with Crippen molar-refractivity contribution < 1.29 is 13.2 Å². The largest absolute Gasteiger partial charge is 0.404 e. The standard InChI is InChI=1S/C17H28F3N5.C7H14.C4H8/c1-11(9-24-16(3,4)5)25-15-8-13(6-7-22-15)12(2)23-10-14(21)17(18,19)20;1-7-5-3-2-4-6-7;1-4(2)3/h6-8,12,14,23-24H,1,9-10,21H2,2-5H3,(H,22,25);7H,2-6H2,1H3;1H2,2-3H3. The average Bonchev–Trinajstić information content (AvgIpc) is 2.75. The fourth-order valence-electron chi connectivity index (χ4n) is 3.23. The Balaban J connectivity index is 0.000000913. The molecular weight excluding hydrogens is 463 g/mol. The topological polar surface area (TPSA) is 75.0 Å². The van der Waals surface area contributed by atoms with E-state index in [1.807, 2.05) is 13.8 Å². The number of alkyl halides is 3. The van der Waals surface area contributed by atoms with Crippen molar-refractivity contribution in [3.63, 3.8) is 0 Å². The fraction of sp³-hybridized carbons (Fsp3) is 0.679. The molecule has 0 spiro atoms. The van der Waals surface area contributed by atoms with E-state index in [-0.39, 0.29) is 18.1 Å². The van der Waals surface area contributed by atoms with Gasteiger partial charge in [0.2, 0.25) is 0 Å². The summed E-state index contributed by atoms with van der Waals surface area (Å²) in [5.74, 6) is 1.63. The van der Waals surface area contributed by atoms with Crippen molar-refractivity contribution in [1.82, 2.24) is 15.6 Å². The summed E-state index contributed by atoms with van der Waals surface area (Å²) in [7, 11) is 0. The van der Waals surface area contributed by atoms with Gasteiger partial charge in [0.25, 0.3) is 0 Å². The number of aromatic nitrogens is 1. The second-order valence-corrected chi connectivity index (χ2v) is 11.0. The van der Waals surface area contributed by atoms with Crippen molar-refractivity contribution in [3.8, 4) is 0 Å². The van der Waals surface area contributed by atoms with Crippen molar-refractivity contribution in [2.75, 3.05) is 18.4 Å². The van der Waals surface area contributed by atoms with Crippen LogP contribution >= 0.6 is 0 Å². The van der Waals surface area contributed by atoms with Crippen LogP contribution in [0.5, 0.6) is 0 Å². The van der Waals surface area contributed by atoms with Crippen molar-refractivity contribution in [3.05, 3.63) is 48.3 Å². The van der Waals surface area contributed by atoms with Gasteiger partial charge in [-0.15, -0.1) is 6.58 Å². The Morgan fingerprint density at radius 3 is 2.14 bits per heavy atom. The van der Waals surface area contributed by atoms with Crippen molar-refractivity contribution in [2.45, 2.75) is 104 Å². The molecule has 1 aliphatic carbocycles. The molecule has 0 saturated heterocycles. The lowest BCUT2D eigenvalue weighted by molar-refractivity contribution is -0.146. The van der Waals surface area contributed by atoms with Gasteiger partial charge >= 0.3 is 6.18 Å². The van der Waals surface area contributed by atoms with Crippen LogP contribution in [0.3, 0.4) is 0 Å². The highest BCUT2D eigenvalue weighted by atomic mass is 19.4. The summed E-state index contributed by atoms with van der Waals surface area (Å²) in [6, 6.07) is 1.34. The SMILES string of the molecule is C=C(C)C.C=C(CNC(C)(C)C)Nc1cc(C(C)NCC(N)C(F)(F)F)ccn1.CC1CCCCC1. The Labute approximate surface area is 217 Å². The number of allylic oxidation sites excluding steroid dienone is 1. The second-order valence-electron chi connectivity index (χ2n) is 11.0. The number of pyridine rings is 1. The third kappa shape index (κ3) is 18.4. The van der Waals surface area contributed by atoms with Crippen LogP contribution in [0.4, 0.5) is 19.0 Å². The minimum Gasteiger partial charge on any atom is -0.343 e. The molecule has 8 heteroatoms. The molecule has 0 radical (unpaired) electrons. The van der Waals surface area contributed by atoms with Crippen LogP contribution in [0.1, 0.15) is 92.2 Å². The summed E-state index contributed by atoms with van der Waals surface area (Å²) >= 11 is 0. The van der Waals surface area contributed by atoms with E-state index in [1.165, 1.54) is 37.7 Å². The lowest BCUT2D eigenvalue weighted by Gasteiger charge is -2.22. The number of halogens is 3. The first-order chi connectivity index (χ1) is 16.5. The number of rotatable bonds is 8. The molecule has 2 rings (SSSR count). The molecule has 1 aromatic heterocycles. The summed E-state index contributed by atoms with van der Waals surface area (Å²) < 4.78 is 37.4. The van der Waals surface area contributed by atoms with Gasteiger partial charge in [-0.2, -0.15) is 13.2 Å². The predicted octanol–water partition coefficient (Wildman–Crippen LogP) is 7.10. The third-order valence-electron chi connectivity index (χ3n) is 5.38. The van der Waals surface area contributed by atoms with E-state index in [1.54, 1.807) is 25.3 Å². The van der Waals surface area contributed by atoms with Gasteiger partial charge < -0.3 is 21.7 Å². The lowest BCUT2D eigenvalue weighted by atomic mass is 9.91. The molecule has 1 saturated carbocycles. The van der Waals surface area contributed by atoms with Crippen LogP contribution in [0.2, 0.25) is 0 Å². The van der Waals surface area contributed by atoms with E-state index in [0.717, 1.165) is 17.2 Å². The summed E-state index contributed by atoms with van der Waals surface area (Å²) in [6.07, 6.45) is 4.63. The number of hydrogen-bond donors (Lipinski definition) is 4. The van der Waals surface area contributed by atoms with Gasteiger partial charge in [-0.25, -0.2) is 4.98 Å². The maximum atomic E-state index is 12.5. The molecule has 1 heterocycles. The molecule has 0 aromatic carbocycles. The fourth-order valence-corrected chi connectivity index (χ4v) is 3.23. The minimum absolute atomic E-state index is 0.0322. The van der Waals surface area contributed by atoms with E-state index in [9.17, 15) is 13.2 Å². The zero-order valence-corrected chi connectivity index (χ0v) is 23.5. The Hall–Kier alpha value is -1.90. The zero-order valence-electron chi connectivity index (χ0n) is 23.5. The maximum Gasteiger partial charge on any atom is 0.404 e. The van der Waals surface area contributed by atoms with Crippen molar-refractivity contribution in [1.29, 1.82) is 0 Å². The van der Waals surface area contributed by atoms with E-state index in [0.29, 0.717) is 12.4 Å². The van der Waals surface area contributed by atoms with Gasteiger partial charge in [-0.05, 0) is 65.2 Å². The second kappa shape index (κ2) is 16.8. The van der Waals surface area contributed by atoms with Gasteiger partial charge in [0.1, 0.15) is 11.9 Å². The molecule has 2 unspecified atom stereocenters. The van der Waals surface area contributed by atoms with Crippen molar-refractivity contribution >= 4 is 5.82 Å². The van der Waals surface area contributed by atoms with Crippen LogP contribution in [0.15, 0.2) is 42.8 Å². The smallest absolute Gasteiger partial charge is 0.343 e. The first-order valence-corrected chi connectivity index (χ1v) is 12.8. The average molecular weight is 514 g/mol. The highest BCUT2D eigenvalue weighted by molar-refractivity contribution is 5.43. The van der Waals surface area contributed by atoms with Gasteiger partial charge in [0, 0.05) is 36.6 Å². The quantitative estimate of drug-likeness (QED) is 0.279. The maximum absolute atomic E-state index is 12.5. The molecule has 0 bridgehead atoms. The van der Waals surface area contributed by atoms with E-state index in [2.05, 4.69) is 61.8 Å². The van der Waals surface area contributed by atoms with Crippen molar-refractivity contribution in [2.24, 2.45) is 11.7 Å². The Morgan fingerprint density at radius 2 is 1.69 bits per heavy atom. The number of nitrogens with zero attached hydrogens (tertiary/aromatic N) is 1. The molecule has 208 valence electrons. The molecular formula is C28H50F3N5. The molecule has 36 heavy (non-hydrogen) atoms. The normalized spacial score (nSPS) is 16.0. The summed E-state index contributed by atoms with van der Waals surface area (Å²) in [6.45, 7) is 22.0. The van der Waals surface area contributed by atoms with Crippen LogP contribution in [0.25, 0.3) is 0 Å². The van der Waals surface area contributed by atoms with E-state index in [4.69, 9.17) is 5.73 Å². The summed E-state index contributed by atoms with van der Waals surface area (Å²) in [4.78, 5) is 4.21. The van der Waals surface area contributed by atoms with E-state index < -0.39 is 12.2 Å². The van der Waals surface area contributed by atoms with Crippen LogP contribution < -0.4 is 21.7 Å². The third-order valence-corrected chi connectivity index (χ3v) is 5.38. The summed E-state index contributed by atoms with van der Waals surface area (Å²) in [5.41, 5.74) is 7.80. The van der Waals surface area contributed by atoms with Gasteiger partial charge in [-0.1, -0.05) is 51.2 Å². The predicted molar refractivity (Wildman–Crippen MR) is 148 cm³/mol. The van der Waals surface area contributed by atoms with Crippen LogP contribution in [-0.4, -0.2) is 35.8 Å². The number of anilines is 1. The molecule has 1 aliphatic rings. The molecule has 5 nitrogen and oxygen atoms in total. The van der Waals surface area contributed by atoms with Gasteiger partial charge in [-0.3, -0.25) is 0 Å². The molecule has 0 aliphatic heterocycles. The highest BCUT2D eigenvalue weighted by Gasteiger charge is 2.36. The van der Waals surface area contributed by atoms with Crippen LogP contribution in [-0.2, 0) is 0 Å². The Bertz CT molecular complexity index is 761.